The Kier molecular flexibility index (Phi) is 7.66. The molecule has 0 rings (SSSR count). The van der Waals surface area contributed by atoms with Crippen LogP contribution in [0.3, 0.4) is 0 Å². The van der Waals surface area contributed by atoms with Crippen LogP contribution in [0.25, 0.3) is 0 Å². The van der Waals surface area contributed by atoms with Crippen molar-refractivity contribution in [3.8, 4) is 0 Å². The topological polar surface area (TPSA) is 17.1 Å². The first-order valence-corrected chi connectivity index (χ1v) is 4.64. The van der Waals surface area contributed by atoms with Crippen LogP contribution in [0, 0.1) is 0 Å². The zero-order chi connectivity index (χ0) is 9.23. The van der Waals surface area contributed by atoms with Crippen molar-refractivity contribution in [3.05, 3.63) is 24.3 Å². The molecule has 0 saturated carbocycles. The maximum atomic E-state index is 10.8. The SMILES string of the molecule is CCC=CC=CCCC(=O)CC. The third-order valence-corrected chi connectivity index (χ3v) is 1.60. The Balaban J connectivity index is 3.36. The van der Waals surface area contributed by atoms with Crippen molar-refractivity contribution < 1.29 is 4.79 Å². The molecule has 0 unspecified atom stereocenters. The van der Waals surface area contributed by atoms with Gasteiger partial charge < -0.3 is 0 Å². The predicted octanol–water partition coefficient (Wildman–Crippen LogP) is 3.27. The van der Waals surface area contributed by atoms with E-state index in [2.05, 4.69) is 13.0 Å². The Morgan fingerprint density at radius 2 is 1.83 bits per heavy atom. The maximum Gasteiger partial charge on any atom is 0.132 e. The highest BCUT2D eigenvalue weighted by atomic mass is 16.1. The smallest absolute Gasteiger partial charge is 0.132 e. The average Bonchev–Trinajstić information content (AvgIpc) is 2.10. The molecular weight excluding hydrogens is 148 g/mol. The molecule has 0 amide bonds. The second-order valence-corrected chi connectivity index (χ2v) is 2.70. The van der Waals surface area contributed by atoms with Gasteiger partial charge in [-0.1, -0.05) is 38.2 Å². The summed E-state index contributed by atoms with van der Waals surface area (Å²) in [7, 11) is 0. The van der Waals surface area contributed by atoms with E-state index in [1.807, 2.05) is 25.2 Å². The van der Waals surface area contributed by atoms with Crippen LogP contribution in [-0.2, 0) is 4.79 Å². The Hall–Kier alpha value is -0.850. The molecule has 68 valence electrons. The molecule has 1 heteroatoms. The zero-order valence-electron chi connectivity index (χ0n) is 8.05. The Labute approximate surface area is 75.2 Å². The molecule has 12 heavy (non-hydrogen) atoms. The quantitative estimate of drug-likeness (QED) is 0.553. The van der Waals surface area contributed by atoms with Crippen molar-refractivity contribution in [2.45, 2.75) is 39.5 Å². The van der Waals surface area contributed by atoms with Gasteiger partial charge in [-0.3, -0.25) is 4.79 Å². The van der Waals surface area contributed by atoms with Gasteiger partial charge in [0.25, 0.3) is 0 Å². The first-order chi connectivity index (χ1) is 5.81. The summed E-state index contributed by atoms with van der Waals surface area (Å²) in [5.41, 5.74) is 0. The van der Waals surface area contributed by atoms with Crippen LogP contribution < -0.4 is 0 Å². The van der Waals surface area contributed by atoms with Crippen LogP contribution in [-0.4, -0.2) is 5.78 Å². The lowest BCUT2D eigenvalue weighted by atomic mass is 10.2. The first kappa shape index (κ1) is 11.2. The number of carbonyl (C=O) groups excluding carboxylic acids is 1. The van der Waals surface area contributed by atoms with Gasteiger partial charge in [0.1, 0.15) is 5.78 Å². The molecule has 0 radical (unpaired) electrons. The molecule has 0 aromatic rings. The Morgan fingerprint density at radius 3 is 2.42 bits per heavy atom. The fourth-order valence-corrected chi connectivity index (χ4v) is 0.811. The molecule has 0 aliphatic carbocycles. The third kappa shape index (κ3) is 7.26. The number of allylic oxidation sites excluding steroid dienone is 4. The van der Waals surface area contributed by atoms with Gasteiger partial charge in [0.15, 0.2) is 0 Å². The summed E-state index contributed by atoms with van der Waals surface area (Å²) < 4.78 is 0. The number of ketones is 1. The second-order valence-electron chi connectivity index (χ2n) is 2.70. The van der Waals surface area contributed by atoms with Gasteiger partial charge in [-0.15, -0.1) is 0 Å². The number of hydrogen-bond donors (Lipinski definition) is 0. The van der Waals surface area contributed by atoms with E-state index < -0.39 is 0 Å². The minimum absolute atomic E-state index is 0.346. The molecule has 1 nitrogen and oxygen atoms in total. The minimum atomic E-state index is 0.346. The van der Waals surface area contributed by atoms with Gasteiger partial charge >= 0.3 is 0 Å². The van der Waals surface area contributed by atoms with Crippen LogP contribution in [0.5, 0.6) is 0 Å². The largest absolute Gasteiger partial charge is 0.300 e. The lowest BCUT2D eigenvalue weighted by Crippen LogP contribution is -1.92. The van der Waals surface area contributed by atoms with Gasteiger partial charge in [-0.05, 0) is 12.8 Å². The fraction of sp³-hybridized carbons (Fsp3) is 0.545. The molecule has 0 saturated heterocycles. The highest BCUT2D eigenvalue weighted by Gasteiger charge is 1.93. The van der Waals surface area contributed by atoms with Crippen LogP contribution in [0.1, 0.15) is 39.5 Å². The van der Waals surface area contributed by atoms with Gasteiger partial charge in [-0.2, -0.15) is 0 Å². The standard InChI is InChI=1S/C11H18O/c1-3-5-6-7-8-9-10-11(12)4-2/h5-8H,3-4,9-10H2,1-2H3. The minimum Gasteiger partial charge on any atom is -0.300 e. The van der Waals surface area contributed by atoms with E-state index in [1.165, 1.54) is 0 Å². The lowest BCUT2D eigenvalue weighted by Gasteiger charge is -1.90. The van der Waals surface area contributed by atoms with Crippen molar-refractivity contribution >= 4 is 5.78 Å². The molecule has 0 atom stereocenters. The summed E-state index contributed by atoms with van der Waals surface area (Å²) in [6.45, 7) is 4.01. The highest BCUT2D eigenvalue weighted by molar-refractivity contribution is 5.78. The number of rotatable bonds is 6. The normalized spacial score (nSPS) is 11.5. The first-order valence-electron chi connectivity index (χ1n) is 4.64. The van der Waals surface area contributed by atoms with Crippen molar-refractivity contribution in [1.82, 2.24) is 0 Å². The molecule has 0 heterocycles. The zero-order valence-corrected chi connectivity index (χ0v) is 8.05. The number of carbonyl (C=O) groups is 1. The lowest BCUT2D eigenvalue weighted by molar-refractivity contribution is -0.118. The van der Waals surface area contributed by atoms with E-state index in [0.717, 1.165) is 12.8 Å². The molecule has 0 aromatic heterocycles. The predicted molar refractivity (Wildman–Crippen MR) is 53.1 cm³/mol. The molecule has 0 aromatic carbocycles. The van der Waals surface area contributed by atoms with Crippen molar-refractivity contribution in [1.29, 1.82) is 0 Å². The van der Waals surface area contributed by atoms with E-state index in [0.29, 0.717) is 18.6 Å². The summed E-state index contributed by atoms with van der Waals surface area (Å²) in [6, 6.07) is 0. The summed E-state index contributed by atoms with van der Waals surface area (Å²) in [4.78, 5) is 10.8. The summed E-state index contributed by atoms with van der Waals surface area (Å²) >= 11 is 0. The molecule has 0 spiro atoms. The molecule has 0 N–H and O–H groups in total. The van der Waals surface area contributed by atoms with Crippen LogP contribution in [0.2, 0.25) is 0 Å². The maximum absolute atomic E-state index is 10.8. The van der Waals surface area contributed by atoms with E-state index in [-0.39, 0.29) is 0 Å². The van der Waals surface area contributed by atoms with Gasteiger partial charge in [0.05, 0.1) is 0 Å². The highest BCUT2D eigenvalue weighted by Crippen LogP contribution is 1.96. The van der Waals surface area contributed by atoms with E-state index in [1.54, 1.807) is 0 Å². The second kappa shape index (κ2) is 8.25. The van der Waals surface area contributed by atoms with Crippen LogP contribution in [0.15, 0.2) is 24.3 Å². The molecule has 0 aliphatic heterocycles. The van der Waals surface area contributed by atoms with Gasteiger partial charge in [-0.25, -0.2) is 0 Å². The van der Waals surface area contributed by atoms with Crippen molar-refractivity contribution in [3.63, 3.8) is 0 Å². The van der Waals surface area contributed by atoms with Gasteiger partial charge in [0, 0.05) is 12.8 Å². The van der Waals surface area contributed by atoms with E-state index in [9.17, 15) is 4.79 Å². The molecule has 0 bridgehead atoms. The monoisotopic (exact) mass is 166 g/mol. The summed E-state index contributed by atoms with van der Waals surface area (Å²) in [6.07, 6.45) is 11.5. The molecule has 0 aliphatic rings. The van der Waals surface area contributed by atoms with E-state index >= 15 is 0 Å². The molecular formula is C11H18O. The third-order valence-electron chi connectivity index (χ3n) is 1.60. The van der Waals surface area contributed by atoms with Crippen molar-refractivity contribution in [2.75, 3.05) is 0 Å². The van der Waals surface area contributed by atoms with E-state index in [4.69, 9.17) is 0 Å². The Bertz CT molecular complexity index is 166. The average molecular weight is 166 g/mol. The summed E-state index contributed by atoms with van der Waals surface area (Å²) in [5, 5.41) is 0. The number of Topliss-reactive ketones (excluding diaryl/α,β-unsaturated/α-hetero) is 1. The van der Waals surface area contributed by atoms with Crippen LogP contribution >= 0.6 is 0 Å². The van der Waals surface area contributed by atoms with Crippen LogP contribution in [0.4, 0.5) is 0 Å². The number of hydrogen-bond acceptors (Lipinski definition) is 1. The van der Waals surface area contributed by atoms with Gasteiger partial charge in [0.2, 0.25) is 0 Å². The van der Waals surface area contributed by atoms with Crippen molar-refractivity contribution in [2.24, 2.45) is 0 Å². The Morgan fingerprint density at radius 1 is 1.17 bits per heavy atom. The summed E-state index contributed by atoms with van der Waals surface area (Å²) in [5.74, 6) is 0.346. The fourth-order valence-electron chi connectivity index (χ4n) is 0.811. The molecule has 0 fully saturated rings.